The van der Waals surface area contributed by atoms with Crippen LogP contribution in [0, 0.1) is 0 Å². The number of benzene rings is 3. The fraction of sp³-hybridized carbons (Fsp3) is 0.227. The molecule has 0 saturated heterocycles. The Morgan fingerprint density at radius 2 is 1.88 bits per heavy atom. The van der Waals surface area contributed by atoms with E-state index in [1.165, 1.54) is 0 Å². The molecule has 1 atom stereocenters. The molecule has 0 spiro atoms. The molecule has 4 nitrogen and oxygen atoms in total. The molecular formula is C22H21NO3. The van der Waals surface area contributed by atoms with E-state index in [0.717, 1.165) is 33.4 Å². The summed E-state index contributed by atoms with van der Waals surface area (Å²) in [6.45, 7) is 0.553. The first-order valence-electron chi connectivity index (χ1n) is 8.70. The number of para-hydroxylation sites is 1. The number of fused-ring (bicyclic) bond motifs is 2. The molecule has 132 valence electrons. The van der Waals surface area contributed by atoms with E-state index in [1.54, 1.807) is 12.0 Å². The smallest absolute Gasteiger partial charge is 0.264 e. The minimum absolute atomic E-state index is 0.0102. The van der Waals surface area contributed by atoms with Crippen molar-refractivity contribution in [1.29, 1.82) is 0 Å². The molecule has 4 heteroatoms. The summed E-state index contributed by atoms with van der Waals surface area (Å²) in [5.74, 6) is 1.67. The highest BCUT2D eigenvalue weighted by molar-refractivity contribution is 5.85. The monoisotopic (exact) mass is 347 g/mol. The molecule has 1 aliphatic heterocycles. The maximum atomic E-state index is 12.7. The number of carbonyl (C=O) groups excluding carboxylic acids is 1. The van der Waals surface area contributed by atoms with Crippen molar-refractivity contribution >= 4 is 16.7 Å². The molecule has 0 saturated carbocycles. The number of hydrogen-bond donors (Lipinski definition) is 0. The Bertz CT molecular complexity index is 942. The SMILES string of the molecule is COc1ccc2cc(CN(C)C(=O)[C@H]3Cc4ccccc4O3)ccc2c1. The number of hydrogen-bond acceptors (Lipinski definition) is 3. The third kappa shape index (κ3) is 3.10. The van der Waals surface area contributed by atoms with Gasteiger partial charge in [-0.3, -0.25) is 4.79 Å². The molecule has 3 aromatic carbocycles. The topological polar surface area (TPSA) is 38.8 Å². The molecule has 0 radical (unpaired) electrons. The number of carbonyl (C=O) groups is 1. The predicted octanol–water partition coefficient (Wildman–Crippen LogP) is 3.81. The number of rotatable bonds is 4. The van der Waals surface area contributed by atoms with Crippen molar-refractivity contribution in [3.63, 3.8) is 0 Å². The predicted molar refractivity (Wildman–Crippen MR) is 102 cm³/mol. The quantitative estimate of drug-likeness (QED) is 0.720. The second-order valence-corrected chi connectivity index (χ2v) is 6.66. The highest BCUT2D eigenvalue weighted by atomic mass is 16.5. The summed E-state index contributed by atoms with van der Waals surface area (Å²) in [6.07, 6.45) is 0.207. The lowest BCUT2D eigenvalue weighted by Gasteiger charge is -2.21. The first-order chi connectivity index (χ1) is 12.6. The van der Waals surface area contributed by atoms with Crippen molar-refractivity contribution < 1.29 is 14.3 Å². The average molecular weight is 347 g/mol. The van der Waals surface area contributed by atoms with Gasteiger partial charge in [0.05, 0.1) is 7.11 Å². The third-order valence-corrected chi connectivity index (χ3v) is 4.83. The van der Waals surface area contributed by atoms with E-state index in [-0.39, 0.29) is 5.91 Å². The van der Waals surface area contributed by atoms with Crippen LogP contribution in [0.25, 0.3) is 10.8 Å². The van der Waals surface area contributed by atoms with Crippen molar-refractivity contribution in [2.75, 3.05) is 14.2 Å². The Morgan fingerprint density at radius 3 is 2.69 bits per heavy atom. The molecule has 0 bridgehead atoms. The zero-order valence-corrected chi connectivity index (χ0v) is 14.9. The van der Waals surface area contributed by atoms with Crippen LogP contribution in [0.2, 0.25) is 0 Å². The van der Waals surface area contributed by atoms with E-state index in [4.69, 9.17) is 9.47 Å². The number of likely N-dealkylation sites (N-methyl/N-ethyl adjacent to an activating group) is 1. The summed E-state index contributed by atoms with van der Waals surface area (Å²) in [7, 11) is 3.49. The van der Waals surface area contributed by atoms with Crippen LogP contribution in [0.3, 0.4) is 0 Å². The molecule has 0 aliphatic carbocycles. The molecule has 1 aliphatic rings. The summed E-state index contributed by atoms with van der Waals surface area (Å²) < 4.78 is 11.1. The zero-order chi connectivity index (χ0) is 18.1. The molecule has 4 rings (SSSR count). The Kier molecular flexibility index (Phi) is 4.25. The number of methoxy groups -OCH3 is 1. The largest absolute Gasteiger partial charge is 0.497 e. The first kappa shape index (κ1) is 16.5. The highest BCUT2D eigenvalue weighted by Gasteiger charge is 2.30. The van der Waals surface area contributed by atoms with Gasteiger partial charge in [0.2, 0.25) is 0 Å². The van der Waals surface area contributed by atoms with E-state index in [1.807, 2.05) is 49.5 Å². The maximum absolute atomic E-state index is 12.7. The Balaban J connectivity index is 1.47. The van der Waals surface area contributed by atoms with Gasteiger partial charge in [-0.1, -0.05) is 36.4 Å². The minimum atomic E-state index is -0.429. The second kappa shape index (κ2) is 6.71. The van der Waals surface area contributed by atoms with Crippen LogP contribution >= 0.6 is 0 Å². The summed E-state index contributed by atoms with van der Waals surface area (Å²) in [5, 5.41) is 2.25. The number of nitrogens with zero attached hydrogens (tertiary/aromatic N) is 1. The lowest BCUT2D eigenvalue weighted by molar-refractivity contribution is -0.137. The lowest BCUT2D eigenvalue weighted by atomic mass is 10.1. The average Bonchev–Trinajstić information content (AvgIpc) is 3.11. The molecule has 26 heavy (non-hydrogen) atoms. The van der Waals surface area contributed by atoms with Gasteiger partial charge in [-0.25, -0.2) is 0 Å². The number of ether oxygens (including phenoxy) is 2. The normalized spacial score (nSPS) is 15.4. The summed E-state index contributed by atoms with van der Waals surface area (Å²) in [4.78, 5) is 14.5. The lowest BCUT2D eigenvalue weighted by Crippen LogP contribution is -2.38. The maximum Gasteiger partial charge on any atom is 0.264 e. The van der Waals surface area contributed by atoms with E-state index >= 15 is 0 Å². The fourth-order valence-electron chi connectivity index (χ4n) is 3.42. The van der Waals surface area contributed by atoms with Crippen LogP contribution in [0.1, 0.15) is 11.1 Å². The summed E-state index contributed by atoms with van der Waals surface area (Å²) >= 11 is 0. The van der Waals surface area contributed by atoms with Gasteiger partial charge in [0, 0.05) is 20.0 Å². The minimum Gasteiger partial charge on any atom is -0.497 e. The van der Waals surface area contributed by atoms with Gasteiger partial charge in [-0.05, 0) is 46.2 Å². The van der Waals surface area contributed by atoms with Crippen molar-refractivity contribution in [3.05, 3.63) is 71.8 Å². The van der Waals surface area contributed by atoms with Crippen LogP contribution in [0.15, 0.2) is 60.7 Å². The van der Waals surface area contributed by atoms with Gasteiger partial charge in [0.1, 0.15) is 11.5 Å². The zero-order valence-electron chi connectivity index (χ0n) is 14.9. The van der Waals surface area contributed by atoms with Crippen molar-refractivity contribution in [2.45, 2.75) is 19.1 Å². The molecule has 0 fully saturated rings. The molecular weight excluding hydrogens is 326 g/mol. The van der Waals surface area contributed by atoms with Crippen LogP contribution in [0.4, 0.5) is 0 Å². The van der Waals surface area contributed by atoms with E-state index in [9.17, 15) is 4.79 Å². The Hall–Kier alpha value is -3.01. The van der Waals surface area contributed by atoms with Gasteiger partial charge in [0.15, 0.2) is 6.10 Å². The van der Waals surface area contributed by atoms with Crippen molar-refractivity contribution in [2.24, 2.45) is 0 Å². The van der Waals surface area contributed by atoms with Gasteiger partial charge in [-0.15, -0.1) is 0 Å². The molecule has 1 heterocycles. The van der Waals surface area contributed by atoms with Gasteiger partial charge in [-0.2, -0.15) is 0 Å². The van der Waals surface area contributed by atoms with E-state index in [2.05, 4.69) is 18.2 Å². The van der Waals surface area contributed by atoms with E-state index in [0.29, 0.717) is 13.0 Å². The molecule has 3 aromatic rings. The standard InChI is InChI=1S/C22H21NO3/c1-23(22(24)21-13-18-5-3-4-6-20(18)26-21)14-15-7-8-17-12-19(25-2)10-9-16(17)11-15/h3-12,21H,13-14H2,1-2H3/t21-/m1/s1. The second-order valence-electron chi connectivity index (χ2n) is 6.66. The van der Waals surface area contributed by atoms with Crippen LogP contribution in [-0.4, -0.2) is 31.1 Å². The Labute approximate surface area is 153 Å². The van der Waals surface area contributed by atoms with Crippen molar-refractivity contribution in [1.82, 2.24) is 4.90 Å². The molecule has 0 N–H and O–H groups in total. The Morgan fingerprint density at radius 1 is 1.12 bits per heavy atom. The summed E-state index contributed by atoms with van der Waals surface area (Å²) in [6, 6.07) is 20.1. The first-order valence-corrected chi connectivity index (χ1v) is 8.70. The van der Waals surface area contributed by atoms with Crippen LogP contribution in [0.5, 0.6) is 11.5 Å². The number of amides is 1. The third-order valence-electron chi connectivity index (χ3n) is 4.83. The van der Waals surface area contributed by atoms with Crippen LogP contribution < -0.4 is 9.47 Å². The highest BCUT2D eigenvalue weighted by Crippen LogP contribution is 2.29. The molecule has 0 aromatic heterocycles. The summed E-state index contributed by atoms with van der Waals surface area (Å²) in [5.41, 5.74) is 2.19. The van der Waals surface area contributed by atoms with Gasteiger partial charge in [0.25, 0.3) is 5.91 Å². The molecule has 1 amide bonds. The molecule has 0 unspecified atom stereocenters. The van der Waals surface area contributed by atoms with Crippen molar-refractivity contribution in [3.8, 4) is 11.5 Å². The van der Waals surface area contributed by atoms with Crippen LogP contribution in [-0.2, 0) is 17.8 Å². The van der Waals surface area contributed by atoms with Gasteiger partial charge >= 0.3 is 0 Å². The van der Waals surface area contributed by atoms with Gasteiger partial charge < -0.3 is 14.4 Å². The van der Waals surface area contributed by atoms with E-state index < -0.39 is 6.10 Å². The fourth-order valence-corrected chi connectivity index (χ4v) is 3.42.